The fourth-order valence-electron chi connectivity index (χ4n) is 3.28. The van der Waals surface area contributed by atoms with Crippen molar-refractivity contribution < 1.29 is 13.7 Å². The summed E-state index contributed by atoms with van der Waals surface area (Å²) in [6.45, 7) is 3.95. The van der Waals surface area contributed by atoms with Gasteiger partial charge in [0, 0.05) is 25.7 Å². The topological polar surface area (TPSA) is 87.6 Å². The van der Waals surface area contributed by atoms with E-state index >= 15 is 0 Å². The molecule has 0 radical (unpaired) electrons. The molecule has 23 heavy (non-hydrogen) atoms. The van der Waals surface area contributed by atoms with Crippen LogP contribution in [-0.4, -0.2) is 58.2 Å². The molecule has 2 fully saturated rings. The molecule has 2 aliphatic rings. The van der Waals surface area contributed by atoms with Gasteiger partial charge in [0.15, 0.2) is 5.76 Å². The van der Waals surface area contributed by atoms with Crippen molar-refractivity contribution >= 4 is 6.03 Å². The van der Waals surface area contributed by atoms with E-state index in [0.29, 0.717) is 24.0 Å². The van der Waals surface area contributed by atoms with E-state index in [4.69, 9.17) is 8.94 Å². The smallest absolute Gasteiger partial charge is 0.317 e. The minimum absolute atomic E-state index is 0.0507. The minimum atomic E-state index is 0.0507. The number of rotatable bonds is 4. The van der Waals surface area contributed by atoms with Gasteiger partial charge in [0.25, 0.3) is 0 Å². The third-order valence-electron chi connectivity index (χ3n) is 4.38. The Morgan fingerprint density at radius 1 is 1.39 bits per heavy atom. The molecule has 2 saturated heterocycles. The highest BCUT2D eigenvalue weighted by Gasteiger charge is 2.31. The largest absolute Gasteiger partial charge is 0.461 e. The molecule has 1 unspecified atom stereocenters. The maximum atomic E-state index is 11.8. The molecule has 4 rings (SSSR count). The second-order valence-corrected chi connectivity index (χ2v) is 5.95. The summed E-state index contributed by atoms with van der Waals surface area (Å²) in [6.07, 6.45) is 3.70. The highest BCUT2D eigenvalue weighted by molar-refractivity contribution is 5.76. The standard InChI is InChI=1S/C15H19N5O3/c21-15-16-5-7-20(15)11-3-1-6-19(9-11)10-13-17-14(18-23-13)12-4-2-8-22-12/h2,4,8,11H,1,3,5-7,9-10H2,(H,16,21). The highest BCUT2D eigenvalue weighted by atomic mass is 16.5. The molecule has 0 aromatic carbocycles. The molecule has 0 aliphatic carbocycles. The fourth-order valence-corrected chi connectivity index (χ4v) is 3.28. The Bertz CT molecular complexity index is 668. The van der Waals surface area contributed by atoms with E-state index in [1.54, 1.807) is 18.4 Å². The molecule has 122 valence electrons. The van der Waals surface area contributed by atoms with Gasteiger partial charge in [-0.3, -0.25) is 4.90 Å². The van der Waals surface area contributed by atoms with Crippen molar-refractivity contribution in [2.45, 2.75) is 25.4 Å². The molecule has 4 heterocycles. The first-order chi connectivity index (χ1) is 11.3. The van der Waals surface area contributed by atoms with Crippen molar-refractivity contribution in [1.29, 1.82) is 0 Å². The van der Waals surface area contributed by atoms with Crippen LogP contribution >= 0.6 is 0 Å². The molecule has 2 aromatic heterocycles. The molecule has 0 spiro atoms. The van der Waals surface area contributed by atoms with E-state index in [2.05, 4.69) is 20.4 Å². The minimum Gasteiger partial charge on any atom is -0.461 e. The Hall–Kier alpha value is -2.35. The van der Waals surface area contributed by atoms with Gasteiger partial charge in [-0.25, -0.2) is 4.79 Å². The Morgan fingerprint density at radius 3 is 3.13 bits per heavy atom. The number of hydrogen-bond donors (Lipinski definition) is 1. The maximum absolute atomic E-state index is 11.8. The summed E-state index contributed by atoms with van der Waals surface area (Å²) in [6, 6.07) is 3.91. The van der Waals surface area contributed by atoms with Crippen LogP contribution in [-0.2, 0) is 6.54 Å². The first-order valence-electron chi connectivity index (χ1n) is 7.93. The Morgan fingerprint density at radius 2 is 2.35 bits per heavy atom. The number of amides is 2. The number of likely N-dealkylation sites (tertiary alicyclic amines) is 1. The van der Waals surface area contributed by atoms with Crippen molar-refractivity contribution in [3.63, 3.8) is 0 Å². The van der Waals surface area contributed by atoms with Crippen LogP contribution in [0.3, 0.4) is 0 Å². The van der Waals surface area contributed by atoms with E-state index in [1.165, 1.54) is 0 Å². The fraction of sp³-hybridized carbons (Fsp3) is 0.533. The zero-order chi connectivity index (χ0) is 15.6. The second-order valence-electron chi connectivity index (χ2n) is 5.95. The van der Waals surface area contributed by atoms with Crippen molar-refractivity contribution in [3.8, 4) is 11.6 Å². The van der Waals surface area contributed by atoms with Crippen LogP contribution in [0.4, 0.5) is 4.79 Å². The van der Waals surface area contributed by atoms with Gasteiger partial charge >= 0.3 is 6.03 Å². The molecule has 1 N–H and O–H groups in total. The Kier molecular flexibility index (Phi) is 3.74. The number of piperidine rings is 1. The van der Waals surface area contributed by atoms with Gasteiger partial charge in [-0.15, -0.1) is 0 Å². The number of carbonyl (C=O) groups is 1. The van der Waals surface area contributed by atoms with Crippen LogP contribution in [0, 0.1) is 0 Å². The molecule has 2 aliphatic heterocycles. The van der Waals surface area contributed by atoms with Gasteiger partial charge in [0.1, 0.15) is 0 Å². The van der Waals surface area contributed by atoms with Crippen LogP contribution in [0.15, 0.2) is 27.3 Å². The lowest BCUT2D eigenvalue weighted by Crippen LogP contribution is -2.48. The summed E-state index contributed by atoms with van der Waals surface area (Å²) in [7, 11) is 0. The van der Waals surface area contributed by atoms with Crippen molar-refractivity contribution in [2.75, 3.05) is 26.2 Å². The number of furan rings is 1. The average Bonchev–Trinajstić information content (AvgIpc) is 3.28. The van der Waals surface area contributed by atoms with Gasteiger partial charge in [0.05, 0.1) is 12.8 Å². The lowest BCUT2D eigenvalue weighted by atomic mass is 10.0. The average molecular weight is 317 g/mol. The Balaban J connectivity index is 1.39. The van der Waals surface area contributed by atoms with Crippen molar-refractivity contribution in [3.05, 3.63) is 24.3 Å². The number of urea groups is 1. The predicted octanol–water partition coefficient (Wildman–Crippen LogP) is 1.32. The number of nitrogens with one attached hydrogen (secondary N) is 1. The van der Waals surface area contributed by atoms with Crippen LogP contribution in [0.2, 0.25) is 0 Å². The van der Waals surface area contributed by atoms with E-state index in [-0.39, 0.29) is 12.1 Å². The first kappa shape index (κ1) is 14.3. The van der Waals surface area contributed by atoms with Gasteiger partial charge in [0.2, 0.25) is 11.7 Å². The SMILES string of the molecule is O=C1NCCN1C1CCCN(Cc2nc(-c3ccco3)no2)C1. The van der Waals surface area contributed by atoms with Gasteiger partial charge in [-0.1, -0.05) is 5.16 Å². The van der Waals surface area contributed by atoms with Gasteiger partial charge in [-0.2, -0.15) is 4.98 Å². The van der Waals surface area contributed by atoms with Gasteiger partial charge < -0.3 is 19.2 Å². The molecule has 8 heteroatoms. The summed E-state index contributed by atoms with van der Waals surface area (Å²) >= 11 is 0. The van der Waals surface area contributed by atoms with Crippen LogP contribution in [0.25, 0.3) is 11.6 Å². The zero-order valence-electron chi connectivity index (χ0n) is 12.8. The number of hydrogen-bond acceptors (Lipinski definition) is 6. The molecular weight excluding hydrogens is 298 g/mol. The summed E-state index contributed by atoms with van der Waals surface area (Å²) in [5, 5.41) is 6.82. The van der Waals surface area contributed by atoms with Crippen LogP contribution in [0.5, 0.6) is 0 Å². The predicted molar refractivity (Wildman–Crippen MR) is 80.4 cm³/mol. The zero-order valence-corrected chi connectivity index (χ0v) is 12.8. The van der Waals surface area contributed by atoms with Crippen molar-refractivity contribution in [2.24, 2.45) is 0 Å². The summed E-state index contributed by atoms with van der Waals surface area (Å²) < 4.78 is 10.6. The summed E-state index contributed by atoms with van der Waals surface area (Å²) in [5.74, 6) is 1.64. The van der Waals surface area contributed by atoms with E-state index in [1.807, 2.05) is 4.90 Å². The molecule has 8 nitrogen and oxygen atoms in total. The lowest BCUT2D eigenvalue weighted by molar-refractivity contribution is 0.113. The molecule has 2 aromatic rings. The molecule has 0 saturated carbocycles. The van der Waals surface area contributed by atoms with Crippen LogP contribution in [0.1, 0.15) is 18.7 Å². The van der Waals surface area contributed by atoms with E-state index in [9.17, 15) is 4.79 Å². The summed E-state index contributed by atoms with van der Waals surface area (Å²) in [4.78, 5) is 20.4. The quantitative estimate of drug-likeness (QED) is 0.915. The third kappa shape index (κ3) is 2.94. The number of nitrogens with zero attached hydrogens (tertiary/aromatic N) is 4. The second kappa shape index (κ2) is 6.04. The van der Waals surface area contributed by atoms with Gasteiger partial charge in [-0.05, 0) is 31.5 Å². The Labute approximate surface area is 133 Å². The monoisotopic (exact) mass is 317 g/mol. The number of carbonyl (C=O) groups excluding carboxylic acids is 1. The third-order valence-corrected chi connectivity index (χ3v) is 4.38. The van der Waals surface area contributed by atoms with Crippen LogP contribution < -0.4 is 5.32 Å². The normalized spacial score (nSPS) is 22.5. The molecule has 1 atom stereocenters. The highest BCUT2D eigenvalue weighted by Crippen LogP contribution is 2.20. The maximum Gasteiger partial charge on any atom is 0.317 e. The first-order valence-corrected chi connectivity index (χ1v) is 7.93. The molecular formula is C15H19N5O3. The molecule has 2 amide bonds. The van der Waals surface area contributed by atoms with E-state index in [0.717, 1.165) is 39.0 Å². The lowest BCUT2D eigenvalue weighted by Gasteiger charge is -2.36. The summed E-state index contributed by atoms with van der Waals surface area (Å²) in [5.41, 5.74) is 0. The molecule has 0 bridgehead atoms. The van der Waals surface area contributed by atoms with E-state index < -0.39 is 0 Å². The van der Waals surface area contributed by atoms with Crippen molar-refractivity contribution in [1.82, 2.24) is 25.3 Å². The number of aromatic nitrogens is 2.